The monoisotopic (exact) mass is 349 g/mol. The normalized spacial score (nSPS) is 23.7. The SMILES string of the molecule is O=C(Nc1cccc(-c2cccnc2)c1)[C@@H]1CNC[C@H]1C1CCCCC1. The molecule has 4 heteroatoms. The maximum atomic E-state index is 13.0. The van der Waals surface area contributed by atoms with Crippen molar-refractivity contribution >= 4 is 11.6 Å². The van der Waals surface area contributed by atoms with Crippen molar-refractivity contribution in [3.05, 3.63) is 48.8 Å². The van der Waals surface area contributed by atoms with Crippen molar-refractivity contribution < 1.29 is 4.79 Å². The molecular weight excluding hydrogens is 322 g/mol. The fourth-order valence-corrected chi connectivity index (χ4v) is 4.59. The number of hydrogen-bond acceptors (Lipinski definition) is 3. The number of carbonyl (C=O) groups excluding carboxylic acids is 1. The Morgan fingerprint density at radius 1 is 1.04 bits per heavy atom. The maximum Gasteiger partial charge on any atom is 0.229 e. The van der Waals surface area contributed by atoms with Crippen LogP contribution in [0.15, 0.2) is 48.8 Å². The molecule has 2 heterocycles. The Morgan fingerprint density at radius 2 is 1.88 bits per heavy atom. The molecular formula is C22H27N3O. The molecule has 1 saturated carbocycles. The first-order valence-electron chi connectivity index (χ1n) is 9.83. The Kier molecular flexibility index (Phi) is 5.30. The average molecular weight is 349 g/mol. The lowest BCUT2D eigenvalue weighted by Crippen LogP contribution is -2.33. The molecule has 0 spiro atoms. The Labute approximate surface area is 155 Å². The van der Waals surface area contributed by atoms with E-state index >= 15 is 0 Å². The molecule has 1 saturated heterocycles. The Morgan fingerprint density at radius 3 is 2.69 bits per heavy atom. The molecule has 0 bridgehead atoms. The van der Waals surface area contributed by atoms with Crippen LogP contribution in [0, 0.1) is 17.8 Å². The van der Waals surface area contributed by atoms with E-state index in [1.807, 2.05) is 36.5 Å². The first-order valence-corrected chi connectivity index (χ1v) is 9.83. The molecule has 1 aromatic heterocycles. The summed E-state index contributed by atoms with van der Waals surface area (Å²) in [6.07, 6.45) is 10.2. The van der Waals surface area contributed by atoms with Gasteiger partial charge in [-0.1, -0.05) is 50.3 Å². The summed E-state index contributed by atoms with van der Waals surface area (Å²) in [5, 5.41) is 6.62. The highest BCUT2D eigenvalue weighted by atomic mass is 16.1. The Balaban J connectivity index is 1.46. The van der Waals surface area contributed by atoms with E-state index in [1.54, 1.807) is 6.20 Å². The molecule has 2 aliphatic rings. The average Bonchev–Trinajstić information content (AvgIpc) is 3.20. The number of carbonyl (C=O) groups is 1. The van der Waals surface area contributed by atoms with Crippen molar-refractivity contribution in [3.8, 4) is 11.1 Å². The number of benzene rings is 1. The van der Waals surface area contributed by atoms with Gasteiger partial charge in [-0.25, -0.2) is 0 Å². The predicted molar refractivity (Wildman–Crippen MR) is 105 cm³/mol. The van der Waals surface area contributed by atoms with E-state index in [0.29, 0.717) is 11.8 Å². The zero-order valence-corrected chi connectivity index (χ0v) is 15.2. The highest BCUT2D eigenvalue weighted by Crippen LogP contribution is 2.36. The summed E-state index contributed by atoms with van der Waals surface area (Å²) in [5.41, 5.74) is 3.00. The van der Waals surface area contributed by atoms with Gasteiger partial charge in [0.25, 0.3) is 0 Å². The predicted octanol–water partition coefficient (Wildman–Crippen LogP) is 4.10. The zero-order chi connectivity index (χ0) is 17.8. The first kappa shape index (κ1) is 17.2. The summed E-state index contributed by atoms with van der Waals surface area (Å²) in [4.78, 5) is 17.1. The minimum Gasteiger partial charge on any atom is -0.326 e. The summed E-state index contributed by atoms with van der Waals surface area (Å²) in [5.74, 6) is 1.43. The van der Waals surface area contributed by atoms with Crippen molar-refractivity contribution in [2.45, 2.75) is 32.1 Å². The van der Waals surface area contributed by atoms with Crippen LogP contribution in [-0.2, 0) is 4.79 Å². The number of pyridine rings is 1. The largest absolute Gasteiger partial charge is 0.326 e. The van der Waals surface area contributed by atoms with Crippen LogP contribution in [0.4, 0.5) is 5.69 Å². The standard InChI is InChI=1S/C22H27N3O/c26-22(21-15-24-14-20(21)16-6-2-1-3-7-16)25-19-10-4-8-17(12-19)18-9-5-11-23-13-18/h4-5,8-13,16,20-21,24H,1-3,6-7,14-15H2,(H,25,26)/t20-,21+/m0/s1. The molecule has 2 atom stereocenters. The smallest absolute Gasteiger partial charge is 0.229 e. The van der Waals surface area contributed by atoms with Gasteiger partial charge in [0.05, 0.1) is 5.92 Å². The van der Waals surface area contributed by atoms with E-state index in [1.165, 1.54) is 32.1 Å². The lowest BCUT2D eigenvalue weighted by atomic mass is 9.75. The molecule has 136 valence electrons. The van der Waals surface area contributed by atoms with Crippen LogP contribution >= 0.6 is 0 Å². The van der Waals surface area contributed by atoms with Gasteiger partial charge in [0.2, 0.25) is 5.91 Å². The minimum absolute atomic E-state index is 0.0835. The van der Waals surface area contributed by atoms with Gasteiger partial charge < -0.3 is 10.6 Å². The van der Waals surface area contributed by atoms with E-state index in [-0.39, 0.29) is 11.8 Å². The number of hydrogen-bond donors (Lipinski definition) is 2. The summed E-state index contributed by atoms with van der Waals surface area (Å²) < 4.78 is 0. The number of rotatable bonds is 4. The second kappa shape index (κ2) is 8.00. The van der Waals surface area contributed by atoms with Crippen molar-refractivity contribution in [3.63, 3.8) is 0 Å². The summed E-state index contributed by atoms with van der Waals surface area (Å²) in [6, 6.07) is 12.0. The van der Waals surface area contributed by atoms with Gasteiger partial charge in [-0.2, -0.15) is 0 Å². The molecule has 1 aliphatic carbocycles. The number of aromatic nitrogens is 1. The molecule has 2 fully saturated rings. The molecule has 26 heavy (non-hydrogen) atoms. The van der Waals surface area contributed by atoms with Gasteiger partial charge in [0, 0.05) is 30.2 Å². The van der Waals surface area contributed by atoms with Gasteiger partial charge in [0.1, 0.15) is 0 Å². The number of nitrogens with zero attached hydrogens (tertiary/aromatic N) is 1. The van der Waals surface area contributed by atoms with E-state index in [4.69, 9.17) is 0 Å². The lowest BCUT2D eigenvalue weighted by molar-refractivity contribution is -0.121. The first-order chi connectivity index (χ1) is 12.8. The van der Waals surface area contributed by atoms with Gasteiger partial charge in [-0.3, -0.25) is 9.78 Å². The molecule has 2 aromatic rings. The quantitative estimate of drug-likeness (QED) is 0.874. The van der Waals surface area contributed by atoms with Gasteiger partial charge in [-0.05, 0) is 42.1 Å². The highest BCUT2D eigenvalue weighted by Gasteiger charge is 2.38. The van der Waals surface area contributed by atoms with Crippen molar-refractivity contribution in [2.24, 2.45) is 17.8 Å². The van der Waals surface area contributed by atoms with Crippen molar-refractivity contribution in [1.82, 2.24) is 10.3 Å². The Hall–Kier alpha value is -2.20. The topological polar surface area (TPSA) is 54.0 Å². The van der Waals surface area contributed by atoms with Gasteiger partial charge in [0.15, 0.2) is 0 Å². The molecule has 0 radical (unpaired) electrons. The molecule has 1 aromatic carbocycles. The third kappa shape index (κ3) is 3.80. The van der Waals surface area contributed by atoms with Gasteiger partial charge >= 0.3 is 0 Å². The number of amides is 1. The fourth-order valence-electron chi connectivity index (χ4n) is 4.59. The fraction of sp³-hybridized carbons (Fsp3) is 0.455. The maximum absolute atomic E-state index is 13.0. The van der Waals surface area contributed by atoms with Crippen LogP contribution in [0.5, 0.6) is 0 Å². The summed E-state index contributed by atoms with van der Waals surface area (Å²) >= 11 is 0. The summed E-state index contributed by atoms with van der Waals surface area (Å²) in [7, 11) is 0. The molecule has 1 amide bonds. The highest BCUT2D eigenvalue weighted by molar-refractivity contribution is 5.93. The number of anilines is 1. The van der Waals surface area contributed by atoms with Crippen LogP contribution < -0.4 is 10.6 Å². The molecule has 1 aliphatic heterocycles. The van der Waals surface area contributed by atoms with Crippen molar-refractivity contribution in [1.29, 1.82) is 0 Å². The minimum atomic E-state index is 0.0835. The molecule has 2 N–H and O–H groups in total. The second-order valence-corrected chi connectivity index (χ2v) is 7.64. The third-order valence-electron chi connectivity index (χ3n) is 5.98. The van der Waals surface area contributed by atoms with Crippen molar-refractivity contribution in [2.75, 3.05) is 18.4 Å². The molecule has 0 unspecified atom stereocenters. The zero-order valence-electron chi connectivity index (χ0n) is 15.2. The van der Waals surface area contributed by atoms with Crippen LogP contribution in [0.25, 0.3) is 11.1 Å². The van der Waals surface area contributed by atoms with E-state index in [9.17, 15) is 4.79 Å². The second-order valence-electron chi connectivity index (χ2n) is 7.64. The van der Waals surface area contributed by atoms with Crippen LogP contribution in [-0.4, -0.2) is 24.0 Å². The lowest BCUT2D eigenvalue weighted by Gasteiger charge is -2.30. The van der Waals surface area contributed by atoms with Crippen LogP contribution in [0.2, 0.25) is 0 Å². The Bertz CT molecular complexity index is 740. The number of nitrogens with one attached hydrogen (secondary N) is 2. The van der Waals surface area contributed by atoms with E-state index in [2.05, 4.69) is 21.7 Å². The van der Waals surface area contributed by atoms with Crippen LogP contribution in [0.3, 0.4) is 0 Å². The van der Waals surface area contributed by atoms with Gasteiger partial charge in [-0.15, -0.1) is 0 Å². The van der Waals surface area contributed by atoms with Crippen LogP contribution in [0.1, 0.15) is 32.1 Å². The molecule has 4 rings (SSSR count). The summed E-state index contributed by atoms with van der Waals surface area (Å²) in [6.45, 7) is 1.79. The van der Waals surface area contributed by atoms with E-state index < -0.39 is 0 Å². The van der Waals surface area contributed by atoms with E-state index in [0.717, 1.165) is 29.9 Å². The third-order valence-corrected chi connectivity index (χ3v) is 5.98. The molecule has 4 nitrogen and oxygen atoms in total.